The molecule has 1 heterocycles. The Balaban J connectivity index is 1.84. The van der Waals surface area contributed by atoms with Crippen molar-refractivity contribution in [2.75, 3.05) is 13.7 Å². The summed E-state index contributed by atoms with van der Waals surface area (Å²) in [4.78, 5) is 0. The Hall–Kier alpha value is -1.95. The van der Waals surface area contributed by atoms with Gasteiger partial charge in [0.1, 0.15) is 11.6 Å². The Labute approximate surface area is 153 Å². The fourth-order valence-electron chi connectivity index (χ4n) is 3.41. The molecule has 0 saturated carbocycles. The smallest absolute Gasteiger partial charge is 0.130 e. The van der Waals surface area contributed by atoms with Crippen LogP contribution in [0.4, 0.5) is 4.39 Å². The van der Waals surface area contributed by atoms with Gasteiger partial charge in [0.05, 0.1) is 32.0 Å². The standard InChI is InChI=1S/C21H25FO4/c1-13-3-4-15(21-10-17(24)9-19(12-23)26-21)8-16(13)7-14-5-6-18(25-2)11-20(14)22/h3-6,8,11,17,19,21,23-24H,7,9-10,12H2,1-2H3/t17?,19-,21+/m0/s1. The molecule has 0 amide bonds. The Morgan fingerprint density at radius 1 is 1.15 bits per heavy atom. The van der Waals surface area contributed by atoms with Crippen molar-refractivity contribution in [3.8, 4) is 5.75 Å². The van der Waals surface area contributed by atoms with E-state index in [0.717, 1.165) is 16.7 Å². The monoisotopic (exact) mass is 360 g/mol. The van der Waals surface area contributed by atoms with E-state index in [0.29, 0.717) is 30.6 Å². The Morgan fingerprint density at radius 2 is 1.96 bits per heavy atom. The SMILES string of the molecule is COc1ccc(Cc2cc([C@H]3CC(O)C[C@@H](CO)O3)ccc2C)c(F)c1. The third-order valence-electron chi connectivity index (χ3n) is 4.97. The number of aliphatic hydroxyl groups excluding tert-OH is 2. The van der Waals surface area contributed by atoms with E-state index in [4.69, 9.17) is 9.47 Å². The first kappa shape index (κ1) is 18.8. The summed E-state index contributed by atoms with van der Waals surface area (Å²) in [5, 5.41) is 19.4. The molecule has 0 spiro atoms. The van der Waals surface area contributed by atoms with Crippen molar-refractivity contribution in [2.24, 2.45) is 0 Å². The highest BCUT2D eigenvalue weighted by atomic mass is 19.1. The van der Waals surface area contributed by atoms with Gasteiger partial charge in [-0.15, -0.1) is 0 Å². The lowest BCUT2D eigenvalue weighted by atomic mass is 9.92. The molecule has 0 radical (unpaired) electrons. The van der Waals surface area contributed by atoms with E-state index in [2.05, 4.69) is 0 Å². The fourth-order valence-corrected chi connectivity index (χ4v) is 3.41. The second-order valence-corrected chi connectivity index (χ2v) is 6.87. The topological polar surface area (TPSA) is 58.9 Å². The summed E-state index contributed by atoms with van der Waals surface area (Å²) in [6.07, 6.45) is 0.297. The van der Waals surface area contributed by atoms with Gasteiger partial charge in [-0.25, -0.2) is 4.39 Å². The third kappa shape index (κ3) is 4.23. The summed E-state index contributed by atoms with van der Waals surface area (Å²) in [6, 6.07) is 10.9. The van der Waals surface area contributed by atoms with Crippen molar-refractivity contribution in [3.63, 3.8) is 0 Å². The zero-order chi connectivity index (χ0) is 18.7. The molecular weight excluding hydrogens is 335 g/mol. The second-order valence-electron chi connectivity index (χ2n) is 6.87. The Morgan fingerprint density at radius 3 is 2.65 bits per heavy atom. The van der Waals surface area contributed by atoms with Crippen molar-refractivity contribution in [1.29, 1.82) is 0 Å². The molecule has 0 aliphatic carbocycles. The summed E-state index contributed by atoms with van der Waals surface area (Å²) in [6.45, 7) is 1.89. The maximum atomic E-state index is 14.3. The third-order valence-corrected chi connectivity index (χ3v) is 4.97. The van der Waals surface area contributed by atoms with Crippen LogP contribution in [-0.4, -0.2) is 36.1 Å². The second kappa shape index (κ2) is 8.16. The molecule has 1 aliphatic rings. The molecular formula is C21H25FO4. The van der Waals surface area contributed by atoms with Gasteiger partial charge in [-0.3, -0.25) is 0 Å². The molecule has 140 valence electrons. The van der Waals surface area contributed by atoms with Gasteiger partial charge in [-0.2, -0.15) is 0 Å². The average molecular weight is 360 g/mol. The molecule has 2 aromatic carbocycles. The van der Waals surface area contributed by atoms with Gasteiger partial charge in [0.2, 0.25) is 0 Å². The van der Waals surface area contributed by atoms with Gasteiger partial charge < -0.3 is 19.7 Å². The highest BCUT2D eigenvalue weighted by Gasteiger charge is 2.29. The van der Waals surface area contributed by atoms with Crippen LogP contribution in [0.1, 0.15) is 41.2 Å². The van der Waals surface area contributed by atoms with Crippen LogP contribution in [0.3, 0.4) is 0 Å². The van der Waals surface area contributed by atoms with Gasteiger partial charge in [0, 0.05) is 25.3 Å². The zero-order valence-corrected chi connectivity index (χ0v) is 15.1. The van der Waals surface area contributed by atoms with E-state index in [9.17, 15) is 14.6 Å². The van der Waals surface area contributed by atoms with Crippen LogP contribution in [-0.2, 0) is 11.2 Å². The minimum absolute atomic E-state index is 0.108. The predicted octanol–water partition coefficient (Wildman–Crippen LogP) is 3.31. The number of hydrogen-bond donors (Lipinski definition) is 2. The quantitative estimate of drug-likeness (QED) is 0.859. The van der Waals surface area contributed by atoms with Crippen LogP contribution in [0.25, 0.3) is 0 Å². The number of benzene rings is 2. The average Bonchev–Trinajstić information content (AvgIpc) is 2.64. The largest absolute Gasteiger partial charge is 0.497 e. The molecule has 3 rings (SSSR count). The van der Waals surface area contributed by atoms with Crippen molar-refractivity contribution in [3.05, 3.63) is 64.5 Å². The van der Waals surface area contributed by atoms with Crippen molar-refractivity contribution >= 4 is 0 Å². The normalized spacial score (nSPS) is 23.0. The van der Waals surface area contributed by atoms with Gasteiger partial charge in [0.25, 0.3) is 0 Å². The van der Waals surface area contributed by atoms with Gasteiger partial charge in [0.15, 0.2) is 0 Å². The van der Waals surface area contributed by atoms with Crippen LogP contribution < -0.4 is 4.74 Å². The van der Waals surface area contributed by atoms with E-state index in [1.54, 1.807) is 12.1 Å². The minimum atomic E-state index is -0.491. The van der Waals surface area contributed by atoms with E-state index in [-0.39, 0.29) is 24.6 Å². The number of aliphatic hydroxyl groups is 2. The Kier molecular flexibility index (Phi) is 5.91. The summed E-state index contributed by atoms with van der Waals surface area (Å²) < 4.78 is 25.2. The molecule has 0 bridgehead atoms. The summed E-state index contributed by atoms with van der Waals surface area (Å²) >= 11 is 0. The van der Waals surface area contributed by atoms with E-state index < -0.39 is 6.10 Å². The van der Waals surface area contributed by atoms with Crippen molar-refractivity contribution in [2.45, 2.75) is 44.5 Å². The number of hydrogen-bond acceptors (Lipinski definition) is 4. The molecule has 26 heavy (non-hydrogen) atoms. The maximum Gasteiger partial charge on any atom is 0.130 e. The summed E-state index contributed by atoms with van der Waals surface area (Å²) in [5.41, 5.74) is 3.62. The molecule has 2 aromatic rings. The number of methoxy groups -OCH3 is 1. The first-order chi connectivity index (χ1) is 12.5. The maximum absolute atomic E-state index is 14.3. The van der Waals surface area contributed by atoms with Crippen LogP contribution >= 0.6 is 0 Å². The molecule has 3 atom stereocenters. The molecule has 1 fully saturated rings. The van der Waals surface area contributed by atoms with Gasteiger partial charge in [-0.1, -0.05) is 24.3 Å². The van der Waals surface area contributed by atoms with Gasteiger partial charge >= 0.3 is 0 Å². The molecule has 1 unspecified atom stereocenters. The summed E-state index contributed by atoms with van der Waals surface area (Å²) in [5.74, 6) is 0.204. The van der Waals surface area contributed by atoms with Crippen LogP contribution in [0.2, 0.25) is 0 Å². The highest BCUT2D eigenvalue weighted by molar-refractivity contribution is 5.38. The van der Waals surface area contributed by atoms with E-state index >= 15 is 0 Å². The molecule has 1 saturated heterocycles. The molecule has 2 N–H and O–H groups in total. The van der Waals surface area contributed by atoms with Crippen molar-refractivity contribution < 1.29 is 24.1 Å². The minimum Gasteiger partial charge on any atom is -0.497 e. The zero-order valence-electron chi connectivity index (χ0n) is 15.1. The molecule has 0 aromatic heterocycles. The van der Waals surface area contributed by atoms with Crippen LogP contribution in [0, 0.1) is 12.7 Å². The molecule has 1 aliphatic heterocycles. The lowest BCUT2D eigenvalue weighted by Crippen LogP contribution is -2.33. The lowest BCUT2D eigenvalue weighted by molar-refractivity contribution is -0.113. The molecule has 5 heteroatoms. The number of ether oxygens (including phenoxy) is 2. The Bertz CT molecular complexity index is 762. The number of aryl methyl sites for hydroxylation is 1. The van der Waals surface area contributed by atoms with E-state index in [1.807, 2.05) is 25.1 Å². The summed E-state index contributed by atoms with van der Waals surface area (Å²) in [7, 11) is 1.51. The van der Waals surface area contributed by atoms with Crippen LogP contribution in [0.15, 0.2) is 36.4 Å². The van der Waals surface area contributed by atoms with Gasteiger partial charge in [-0.05, 0) is 35.2 Å². The molecule has 4 nitrogen and oxygen atoms in total. The van der Waals surface area contributed by atoms with Crippen molar-refractivity contribution in [1.82, 2.24) is 0 Å². The van der Waals surface area contributed by atoms with Crippen LogP contribution in [0.5, 0.6) is 5.75 Å². The predicted molar refractivity (Wildman–Crippen MR) is 96.9 cm³/mol. The lowest BCUT2D eigenvalue weighted by Gasteiger charge is -2.32. The number of rotatable bonds is 5. The first-order valence-corrected chi connectivity index (χ1v) is 8.86. The highest BCUT2D eigenvalue weighted by Crippen LogP contribution is 2.33. The fraction of sp³-hybridized carbons (Fsp3) is 0.429. The van der Waals surface area contributed by atoms with E-state index in [1.165, 1.54) is 13.2 Å². The first-order valence-electron chi connectivity index (χ1n) is 8.86. The number of halogens is 1.